The molecular weight excluding hydrogens is 719 g/mol. The van der Waals surface area contributed by atoms with Crippen molar-refractivity contribution < 1.29 is 27.0 Å². The largest absolute Gasteiger partial charge is 0.494 e. The second-order valence-electron chi connectivity index (χ2n) is 12.5. The first kappa shape index (κ1) is 35.2. The van der Waals surface area contributed by atoms with Gasteiger partial charge in [-0.1, -0.05) is 0 Å². The molecule has 2 N–H and O–H groups in total. The van der Waals surface area contributed by atoms with E-state index in [1.165, 1.54) is 16.4 Å². The Bertz CT molecular complexity index is 1750. The van der Waals surface area contributed by atoms with Gasteiger partial charge in [-0.2, -0.15) is 4.98 Å². The first-order valence-corrected chi connectivity index (χ1v) is 19.2. The van der Waals surface area contributed by atoms with Gasteiger partial charge in [0.2, 0.25) is 16.0 Å². The Balaban J connectivity index is 1.32. The van der Waals surface area contributed by atoms with Crippen molar-refractivity contribution in [2.45, 2.75) is 32.2 Å². The summed E-state index contributed by atoms with van der Waals surface area (Å²) in [5.74, 6) is 1.07. The van der Waals surface area contributed by atoms with E-state index in [0.29, 0.717) is 40.7 Å². The predicted octanol–water partition coefficient (Wildman–Crippen LogP) is 5.04. The first-order valence-electron chi connectivity index (χ1n) is 16.6. The smallest absolute Gasteiger partial charge is 0.232 e. The number of piperidine rings is 1. The van der Waals surface area contributed by atoms with Crippen LogP contribution in [0.25, 0.3) is 0 Å². The quantitative estimate of drug-likeness (QED) is 0.350. The third kappa shape index (κ3) is 8.08. The molecule has 266 valence electrons. The third-order valence-electron chi connectivity index (χ3n) is 9.19. The molecule has 3 aromatic rings. The minimum atomic E-state index is -3.71. The van der Waals surface area contributed by atoms with E-state index in [-0.39, 0.29) is 42.0 Å². The Hall–Kier alpha value is -3.60. The summed E-state index contributed by atoms with van der Waals surface area (Å²) in [7, 11) is 0.0927. The van der Waals surface area contributed by atoms with Crippen molar-refractivity contribution in [3.63, 3.8) is 0 Å². The van der Waals surface area contributed by atoms with Crippen molar-refractivity contribution in [2.24, 2.45) is 0 Å². The van der Waals surface area contributed by atoms with Crippen molar-refractivity contribution in [1.82, 2.24) is 19.8 Å². The van der Waals surface area contributed by atoms with Gasteiger partial charge in [0.15, 0.2) is 11.6 Å². The number of rotatable bonds is 6. The van der Waals surface area contributed by atoms with E-state index in [4.69, 9.17) is 14.2 Å². The number of hydrogen-bond acceptors (Lipinski definition) is 12. The Morgan fingerprint density at radius 2 is 1.73 bits per heavy atom. The van der Waals surface area contributed by atoms with Crippen LogP contribution < -0.4 is 34.0 Å². The Morgan fingerprint density at radius 3 is 2.41 bits per heavy atom. The van der Waals surface area contributed by atoms with E-state index in [2.05, 4.69) is 58.3 Å². The summed E-state index contributed by atoms with van der Waals surface area (Å²) in [5, 5.41) is 6.37. The van der Waals surface area contributed by atoms with Crippen LogP contribution in [0.1, 0.15) is 26.2 Å². The lowest BCUT2D eigenvalue weighted by molar-refractivity contribution is 0.0981. The highest BCUT2D eigenvalue weighted by Crippen LogP contribution is 2.42. The number of piperazine rings is 1. The molecule has 6 bridgehead atoms. The number of aromatic nitrogens is 2. The molecule has 13 nitrogen and oxygen atoms in total. The van der Waals surface area contributed by atoms with Crippen molar-refractivity contribution >= 4 is 60.5 Å². The van der Waals surface area contributed by atoms with E-state index < -0.39 is 15.8 Å². The van der Waals surface area contributed by atoms with Crippen LogP contribution in [-0.4, -0.2) is 114 Å². The number of fused-ring (bicyclic) bond motifs is 6. The molecule has 4 aliphatic heterocycles. The molecule has 49 heavy (non-hydrogen) atoms. The van der Waals surface area contributed by atoms with Crippen LogP contribution in [-0.2, 0) is 10.0 Å². The van der Waals surface area contributed by atoms with Gasteiger partial charge >= 0.3 is 0 Å². The molecule has 1 aromatic heterocycles. The highest BCUT2D eigenvalue weighted by Gasteiger charge is 2.29. The lowest BCUT2D eigenvalue weighted by Crippen LogP contribution is -2.52. The third-order valence-corrected chi connectivity index (χ3v) is 11.0. The molecule has 2 fully saturated rings. The minimum Gasteiger partial charge on any atom is -0.494 e. The summed E-state index contributed by atoms with van der Waals surface area (Å²) < 4.78 is 60.7. The molecule has 4 aliphatic rings. The molecule has 2 aromatic carbocycles. The lowest BCUT2D eigenvalue weighted by atomic mass is 10.0. The molecular formula is C33H44BrFN8O5S. The summed E-state index contributed by atoms with van der Waals surface area (Å²) in [6.45, 7) is 8.45. The number of hydrogen-bond donors (Lipinski definition) is 2. The number of anilines is 6. The van der Waals surface area contributed by atoms with Crippen LogP contribution in [0.5, 0.6) is 17.2 Å². The van der Waals surface area contributed by atoms with Crippen LogP contribution in [0, 0.1) is 5.82 Å². The fourth-order valence-corrected chi connectivity index (χ4v) is 7.83. The summed E-state index contributed by atoms with van der Waals surface area (Å²) in [5.41, 5.74) is 1.95. The monoisotopic (exact) mass is 762 g/mol. The maximum atomic E-state index is 15.4. The standard InChI is InChI=1S/C33H44BrFN8O5S/c1-5-43(49(4,44)45)27-19-29-24(35)17-25(27)37-32-23(34)21-36-33(39-32)38-26-18-31(48-16-6-15-47-29)28(20-30(26)46-3)42-9-7-22(8-10-42)41-13-11-40(2)12-14-41/h17-22H,5-16H2,1-4H3,(H2,36,37,38,39). The van der Waals surface area contributed by atoms with Gasteiger partial charge in [-0.3, -0.25) is 9.21 Å². The summed E-state index contributed by atoms with van der Waals surface area (Å²) in [6.07, 6.45) is 5.22. The Morgan fingerprint density at radius 1 is 1.02 bits per heavy atom. The molecule has 0 radical (unpaired) electrons. The first-order chi connectivity index (χ1) is 23.5. The second-order valence-corrected chi connectivity index (χ2v) is 15.3. The van der Waals surface area contributed by atoms with Crippen molar-refractivity contribution in [3.05, 3.63) is 40.8 Å². The van der Waals surface area contributed by atoms with Crippen molar-refractivity contribution in [1.29, 1.82) is 0 Å². The zero-order valence-corrected chi connectivity index (χ0v) is 30.7. The van der Waals surface area contributed by atoms with Gasteiger partial charge in [-0.25, -0.2) is 17.8 Å². The summed E-state index contributed by atoms with van der Waals surface area (Å²) >= 11 is 3.47. The number of nitrogens with zero attached hydrogens (tertiary/aromatic N) is 6. The summed E-state index contributed by atoms with van der Waals surface area (Å²) in [4.78, 5) is 16.4. The Kier molecular flexibility index (Phi) is 10.9. The van der Waals surface area contributed by atoms with Gasteiger partial charge in [0.05, 0.1) is 53.8 Å². The minimum absolute atomic E-state index is 0.0632. The highest BCUT2D eigenvalue weighted by atomic mass is 79.9. The van der Waals surface area contributed by atoms with Gasteiger partial charge in [-0.15, -0.1) is 0 Å². The molecule has 0 amide bonds. The molecule has 16 heteroatoms. The van der Waals surface area contributed by atoms with Crippen LogP contribution in [0.2, 0.25) is 0 Å². The number of benzene rings is 2. The number of nitrogens with one attached hydrogen (secondary N) is 2. The van der Waals surface area contributed by atoms with E-state index in [9.17, 15) is 8.42 Å². The van der Waals surface area contributed by atoms with Gasteiger partial charge < -0.3 is 34.6 Å². The second kappa shape index (κ2) is 15.1. The number of likely N-dealkylation sites (N-methyl/N-ethyl adjacent to an activating group) is 1. The zero-order chi connectivity index (χ0) is 34.7. The zero-order valence-electron chi connectivity index (χ0n) is 28.3. The van der Waals surface area contributed by atoms with E-state index in [0.717, 1.165) is 64.1 Å². The molecule has 0 atom stereocenters. The number of methoxy groups -OCH3 is 1. The average Bonchev–Trinajstić information content (AvgIpc) is 3.07. The fourth-order valence-electron chi connectivity index (χ4n) is 6.57. The normalized spacial score (nSPS) is 18.1. The van der Waals surface area contributed by atoms with Gasteiger partial charge in [-0.05, 0) is 42.7 Å². The van der Waals surface area contributed by atoms with Crippen LogP contribution in [0.3, 0.4) is 0 Å². The SMILES string of the molecule is CCN(c1cc2c(F)cc1Nc1nc(ncc1Br)Nc1cc(c(N3CCC(N4CCN(C)CC4)CC3)cc1OC)OCCCO2)S(C)(=O)=O. The van der Waals surface area contributed by atoms with Gasteiger partial charge in [0.25, 0.3) is 0 Å². The number of halogens is 2. The number of sulfonamides is 1. The molecule has 5 heterocycles. The average molecular weight is 764 g/mol. The maximum Gasteiger partial charge on any atom is 0.232 e. The van der Waals surface area contributed by atoms with Crippen LogP contribution in [0.4, 0.5) is 38.9 Å². The fraction of sp³-hybridized carbons (Fsp3) is 0.515. The van der Waals surface area contributed by atoms with Crippen molar-refractivity contribution in [3.8, 4) is 17.2 Å². The molecule has 0 spiro atoms. The molecule has 0 aliphatic carbocycles. The van der Waals surface area contributed by atoms with Crippen LogP contribution >= 0.6 is 15.9 Å². The van der Waals surface area contributed by atoms with Crippen LogP contribution in [0.15, 0.2) is 34.9 Å². The van der Waals surface area contributed by atoms with Gasteiger partial charge in [0.1, 0.15) is 17.3 Å². The predicted molar refractivity (Wildman–Crippen MR) is 193 cm³/mol. The Labute approximate surface area is 295 Å². The van der Waals surface area contributed by atoms with E-state index in [1.54, 1.807) is 20.2 Å². The molecule has 2 saturated heterocycles. The number of ether oxygens (including phenoxy) is 3. The highest BCUT2D eigenvalue weighted by molar-refractivity contribution is 9.10. The molecule has 0 saturated carbocycles. The van der Waals surface area contributed by atoms with E-state index >= 15 is 4.39 Å². The van der Waals surface area contributed by atoms with Gasteiger partial charge in [0, 0.05) is 88.7 Å². The molecule has 7 rings (SSSR count). The summed E-state index contributed by atoms with van der Waals surface area (Å²) in [6, 6.07) is 7.05. The maximum absolute atomic E-state index is 15.4. The lowest BCUT2D eigenvalue weighted by Gasteiger charge is -2.42. The van der Waals surface area contributed by atoms with Crippen molar-refractivity contribution in [2.75, 3.05) is 99.3 Å². The van der Waals surface area contributed by atoms with E-state index in [1.807, 2.05) is 12.1 Å². The topological polar surface area (TPSA) is 125 Å². The molecule has 0 unspecified atom stereocenters.